The SMILES string of the molecule is CC(C)c1ccc(C2c3cccn3-c3ccccc3CN2C(=O)Nc2ccc3c(c2)OCCO3)cc1. The molecule has 6 heteroatoms. The number of benzene rings is 3. The Morgan fingerprint density at radius 2 is 1.69 bits per heavy atom. The van der Waals surface area contributed by atoms with Crippen LogP contribution in [0.4, 0.5) is 10.5 Å². The minimum absolute atomic E-state index is 0.172. The summed E-state index contributed by atoms with van der Waals surface area (Å²) < 4.78 is 13.6. The highest BCUT2D eigenvalue weighted by atomic mass is 16.6. The van der Waals surface area contributed by atoms with Crippen LogP contribution in [0.5, 0.6) is 11.5 Å². The molecule has 182 valence electrons. The van der Waals surface area contributed by atoms with Gasteiger partial charge in [-0.2, -0.15) is 0 Å². The van der Waals surface area contributed by atoms with Crippen LogP contribution in [0.15, 0.2) is 85.1 Å². The third-order valence-corrected chi connectivity index (χ3v) is 6.94. The molecule has 4 aromatic rings. The van der Waals surface area contributed by atoms with Crippen LogP contribution in [0.1, 0.15) is 48.2 Å². The molecule has 0 saturated carbocycles. The number of nitrogens with one attached hydrogen (secondary N) is 1. The third kappa shape index (κ3) is 3.98. The normalized spacial score (nSPS) is 16.2. The summed E-state index contributed by atoms with van der Waals surface area (Å²) in [6.45, 7) is 5.89. The predicted molar refractivity (Wildman–Crippen MR) is 140 cm³/mol. The highest BCUT2D eigenvalue weighted by Crippen LogP contribution is 2.38. The van der Waals surface area contributed by atoms with Crippen molar-refractivity contribution in [3.8, 4) is 17.2 Å². The number of fused-ring (bicyclic) bond motifs is 4. The van der Waals surface area contributed by atoms with Crippen molar-refractivity contribution < 1.29 is 14.3 Å². The second kappa shape index (κ2) is 9.11. The van der Waals surface area contributed by atoms with Gasteiger partial charge in [0.05, 0.1) is 18.3 Å². The van der Waals surface area contributed by atoms with Gasteiger partial charge < -0.3 is 24.3 Å². The molecule has 2 aliphatic rings. The van der Waals surface area contributed by atoms with Gasteiger partial charge in [0.15, 0.2) is 11.5 Å². The molecule has 2 amide bonds. The summed E-state index contributed by atoms with van der Waals surface area (Å²) in [5.74, 6) is 1.79. The lowest BCUT2D eigenvalue weighted by Crippen LogP contribution is -2.38. The lowest BCUT2D eigenvalue weighted by atomic mass is 9.97. The van der Waals surface area contributed by atoms with Gasteiger partial charge in [-0.05, 0) is 52.9 Å². The molecule has 0 bridgehead atoms. The van der Waals surface area contributed by atoms with Gasteiger partial charge in [0.2, 0.25) is 0 Å². The van der Waals surface area contributed by atoms with Crippen molar-refractivity contribution in [2.24, 2.45) is 0 Å². The average Bonchev–Trinajstić information content (AvgIpc) is 3.33. The Kier molecular flexibility index (Phi) is 5.64. The van der Waals surface area contributed by atoms with Crippen molar-refractivity contribution in [1.82, 2.24) is 9.47 Å². The van der Waals surface area contributed by atoms with Gasteiger partial charge >= 0.3 is 6.03 Å². The molecule has 1 aromatic heterocycles. The van der Waals surface area contributed by atoms with Crippen LogP contribution in [-0.2, 0) is 6.54 Å². The molecule has 6 nitrogen and oxygen atoms in total. The first-order valence-electron chi connectivity index (χ1n) is 12.4. The number of para-hydroxylation sites is 1. The molecule has 6 rings (SSSR count). The van der Waals surface area contributed by atoms with Crippen molar-refractivity contribution in [2.45, 2.75) is 32.4 Å². The van der Waals surface area contributed by atoms with Crippen LogP contribution < -0.4 is 14.8 Å². The molecule has 0 radical (unpaired) electrons. The van der Waals surface area contributed by atoms with Crippen molar-refractivity contribution in [2.75, 3.05) is 18.5 Å². The Labute approximate surface area is 211 Å². The van der Waals surface area contributed by atoms with Crippen LogP contribution in [-0.4, -0.2) is 28.7 Å². The Morgan fingerprint density at radius 1 is 0.917 bits per heavy atom. The number of hydrogen-bond acceptors (Lipinski definition) is 3. The van der Waals surface area contributed by atoms with Gasteiger partial charge in [-0.15, -0.1) is 0 Å². The van der Waals surface area contributed by atoms with Crippen LogP contribution in [0.2, 0.25) is 0 Å². The number of amides is 2. The van der Waals surface area contributed by atoms with Crippen molar-refractivity contribution in [3.63, 3.8) is 0 Å². The molecule has 0 spiro atoms. The van der Waals surface area contributed by atoms with Gasteiger partial charge in [-0.3, -0.25) is 0 Å². The Morgan fingerprint density at radius 3 is 2.50 bits per heavy atom. The van der Waals surface area contributed by atoms with E-state index in [0.29, 0.717) is 42.9 Å². The minimum Gasteiger partial charge on any atom is -0.486 e. The summed E-state index contributed by atoms with van der Waals surface area (Å²) in [4.78, 5) is 15.8. The van der Waals surface area contributed by atoms with Crippen LogP contribution >= 0.6 is 0 Å². The maximum Gasteiger partial charge on any atom is 0.322 e. The second-order valence-electron chi connectivity index (χ2n) is 9.57. The fraction of sp³-hybridized carbons (Fsp3) is 0.233. The fourth-order valence-corrected chi connectivity index (χ4v) is 5.07. The molecule has 3 heterocycles. The quantitative estimate of drug-likeness (QED) is 0.364. The van der Waals surface area contributed by atoms with Crippen molar-refractivity contribution in [3.05, 3.63) is 107 Å². The highest BCUT2D eigenvalue weighted by molar-refractivity contribution is 5.90. The maximum atomic E-state index is 13.9. The Hall–Kier alpha value is -4.19. The van der Waals surface area contributed by atoms with Crippen LogP contribution in [0.3, 0.4) is 0 Å². The summed E-state index contributed by atoms with van der Waals surface area (Å²) in [7, 11) is 0. The van der Waals surface area contributed by atoms with Gasteiger partial charge in [0.1, 0.15) is 13.2 Å². The first-order valence-corrected chi connectivity index (χ1v) is 12.4. The van der Waals surface area contributed by atoms with Gasteiger partial charge in [-0.1, -0.05) is 56.3 Å². The van der Waals surface area contributed by atoms with E-state index in [1.807, 2.05) is 41.3 Å². The van der Waals surface area contributed by atoms with Gasteiger partial charge in [-0.25, -0.2) is 4.79 Å². The van der Waals surface area contributed by atoms with E-state index in [0.717, 1.165) is 22.5 Å². The highest BCUT2D eigenvalue weighted by Gasteiger charge is 2.33. The van der Waals surface area contributed by atoms with Crippen LogP contribution in [0.25, 0.3) is 5.69 Å². The van der Waals surface area contributed by atoms with E-state index in [-0.39, 0.29) is 12.1 Å². The largest absolute Gasteiger partial charge is 0.486 e. The van der Waals surface area contributed by atoms with Crippen molar-refractivity contribution in [1.29, 1.82) is 0 Å². The molecular formula is C30H29N3O3. The van der Waals surface area contributed by atoms with E-state index in [2.05, 4.69) is 72.4 Å². The number of carbonyl (C=O) groups is 1. The number of aromatic nitrogens is 1. The zero-order valence-electron chi connectivity index (χ0n) is 20.5. The summed E-state index contributed by atoms with van der Waals surface area (Å²) in [6.07, 6.45) is 2.08. The van der Waals surface area contributed by atoms with Gasteiger partial charge in [0, 0.05) is 23.6 Å². The summed E-state index contributed by atoms with van der Waals surface area (Å²) in [5, 5.41) is 3.11. The van der Waals surface area contributed by atoms with E-state index in [9.17, 15) is 4.79 Å². The standard InChI is InChI=1S/C30H29N3O3/c1-20(2)21-9-11-22(12-10-21)29-26-8-5-15-32(26)25-7-4-3-6-23(25)19-33(29)30(34)31-24-13-14-27-28(18-24)36-17-16-35-27/h3-15,18,20,29H,16-17,19H2,1-2H3,(H,31,34). The zero-order valence-corrected chi connectivity index (χ0v) is 20.5. The summed E-state index contributed by atoms with van der Waals surface area (Å²) >= 11 is 0. The third-order valence-electron chi connectivity index (χ3n) is 6.94. The number of rotatable bonds is 3. The lowest BCUT2D eigenvalue weighted by molar-refractivity contribution is 0.171. The first kappa shape index (κ1) is 22.3. The molecule has 1 unspecified atom stereocenters. The molecule has 3 aromatic carbocycles. The topological polar surface area (TPSA) is 55.7 Å². The van der Waals surface area contributed by atoms with Gasteiger partial charge in [0.25, 0.3) is 0 Å². The molecule has 1 atom stereocenters. The van der Waals surface area contributed by atoms with E-state index in [1.165, 1.54) is 5.56 Å². The summed E-state index contributed by atoms with van der Waals surface area (Å²) in [5.41, 5.74) is 6.26. The van der Waals surface area contributed by atoms with E-state index in [4.69, 9.17) is 9.47 Å². The van der Waals surface area contributed by atoms with E-state index in [1.54, 1.807) is 0 Å². The Bertz CT molecular complexity index is 1410. The zero-order chi connectivity index (χ0) is 24.6. The Balaban J connectivity index is 1.41. The monoisotopic (exact) mass is 479 g/mol. The van der Waals surface area contributed by atoms with Crippen molar-refractivity contribution >= 4 is 11.7 Å². The number of nitrogens with zero attached hydrogens (tertiary/aromatic N) is 2. The number of ether oxygens (including phenoxy) is 2. The number of urea groups is 1. The number of hydrogen-bond donors (Lipinski definition) is 1. The second-order valence-corrected chi connectivity index (χ2v) is 9.57. The molecule has 0 saturated heterocycles. The molecule has 0 fully saturated rings. The first-order chi connectivity index (χ1) is 17.6. The number of carbonyl (C=O) groups excluding carboxylic acids is 1. The average molecular weight is 480 g/mol. The van der Waals surface area contributed by atoms with E-state index >= 15 is 0 Å². The molecule has 0 aliphatic carbocycles. The van der Waals surface area contributed by atoms with E-state index < -0.39 is 0 Å². The molecule has 36 heavy (non-hydrogen) atoms. The predicted octanol–water partition coefficient (Wildman–Crippen LogP) is 6.51. The smallest absolute Gasteiger partial charge is 0.322 e. The lowest BCUT2D eigenvalue weighted by Gasteiger charge is -2.31. The minimum atomic E-state index is -0.258. The summed E-state index contributed by atoms with van der Waals surface area (Å²) in [6, 6.07) is 26.1. The van der Waals surface area contributed by atoms with Crippen LogP contribution in [0, 0.1) is 0 Å². The molecule has 2 aliphatic heterocycles. The molecular weight excluding hydrogens is 450 g/mol. The molecule has 1 N–H and O–H groups in total. The number of anilines is 1. The maximum absolute atomic E-state index is 13.9. The fourth-order valence-electron chi connectivity index (χ4n) is 5.07.